The Kier molecular flexibility index (Phi) is 7.22. The Morgan fingerprint density at radius 2 is 1.50 bits per heavy atom. The number of hydrogen-bond acceptors (Lipinski definition) is 5. The molecule has 3 aromatic carbocycles. The third kappa shape index (κ3) is 5.29. The van der Waals surface area contributed by atoms with Crippen molar-refractivity contribution in [2.24, 2.45) is 5.92 Å². The molecule has 1 aromatic heterocycles. The SMILES string of the molecule is CC(C)Cc1nc(-c2ccc(CN3CCC(N4C(=O)[N]c5ccccc54)CC3)cc2)c(-c2ccccc2)nc1O. The number of hydrogen-bond donors (Lipinski definition) is 1. The molecule has 3 heterocycles. The van der Waals surface area contributed by atoms with E-state index in [1.165, 1.54) is 5.56 Å². The van der Waals surface area contributed by atoms with Gasteiger partial charge in [0.05, 0.1) is 17.1 Å². The van der Waals surface area contributed by atoms with E-state index in [2.05, 4.69) is 53.3 Å². The minimum Gasteiger partial charge on any atom is -0.492 e. The Morgan fingerprint density at radius 3 is 2.23 bits per heavy atom. The number of rotatable bonds is 7. The first-order valence-electron chi connectivity index (χ1n) is 14.1. The van der Waals surface area contributed by atoms with Gasteiger partial charge in [0.1, 0.15) is 11.4 Å². The highest BCUT2D eigenvalue weighted by molar-refractivity contribution is 6.04. The molecule has 0 spiro atoms. The fourth-order valence-electron chi connectivity index (χ4n) is 5.72. The predicted molar refractivity (Wildman–Crippen MR) is 158 cm³/mol. The van der Waals surface area contributed by atoms with Crippen LogP contribution < -0.4 is 10.2 Å². The molecule has 1 radical (unpaired) electrons. The van der Waals surface area contributed by atoms with Crippen molar-refractivity contribution < 1.29 is 9.90 Å². The molecule has 7 heteroatoms. The summed E-state index contributed by atoms with van der Waals surface area (Å²) in [5.74, 6) is 0.360. The van der Waals surface area contributed by atoms with Crippen molar-refractivity contribution in [3.63, 3.8) is 0 Å². The average molecular weight is 533 g/mol. The summed E-state index contributed by atoms with van der Waals surface area (Å²) in [5, 5.41) is 14.9. The smallest absolute Gasteiger partial charge is 0.348 e. The molecule has 0 bridgehead atoms. The molecule has 0 saturated carbocycles. The van der Waals surface area contributed by atoms with Crippen LogP contribution in [0.25, 0.3) is 22.5 Å². The summed E-state index contributed by atoms with van der Waals surface area (Å²) in [4.78, 5) is 26.4. The molecule has 4 aromatic rings. The highest BCUT2D eigenvalue weighted by Gasteiger charge is 2.35. The van der Waals surface area contributed by atoms with E-state index < -0.39 is 0 Å². The molecular formula is C33H34N5O2. The van der Waals surface area contributed by atoms with Crippen LogP contribution >= 0.6 is 0 Å². The van der Waals surface area contributed by atoms with Gasteiger partial charge in [-0.25, -0.2) is 14.8 Å². The van der Waals surface area contributed by atoms with Crippen molar-refractivity contribution in [3.8, 4) is 28.4 Å². The normalized spacial score (nSPS) is 15.9. The zero-order valence-electron chi connectivity index (χ0n) is 23.0. The number of carbonyl (C=O) groups excluding carboxylic acids is 1. The molecule has 7 nitrogen and oxygen atoms in total. The molecule has 0 atom stereocenters. The van der Waals surface area contributed by atoms with Gasteiger partial charge in [0, 0.05) is 36.8 Å². The molecule has 40 heavy (non-hydrogen) atoms. The number of aromatic hydroxyl groups is 1. The van der Waals surface area contributed by atoms with Crippen LogP contribution in [0.2, 0.25) is 0 Å². The molecule has 0 unspecified atom stereocenters. The van der Waals surface area contributed by atoms with Gasteiger partial charge in [-0.15, -0.1) is 0 Å². The number of piperidine rings is 1. The summed E-state index contributed by atoms with van der Waals surface area (Å²) in [6.45, 7) is 6.94. The second kappa shape index (κ2) is 11.1. The molecule has 2 amide bonds. The number of likely N-dealkylation sites (tertiary alicyclic amines) is 1. The van der Waals surface area contributed by atoms with Crippen LogP contribution in [-0.2, 0) is 13.0 Å². The first kappa shape index (κ1) is 26.0. The largest absolute Gasteiger partial charge is 0.492 e. The fourth-order valence-corrected chi connectivity index (χ4v) is 5.72. The second-order valence-corrected chi connectivity index (χ2v) is 11.1. The summed E-state index contributed by atoms with van der Waals surface area (Å²) >= 11 is 0. The molecular weight excluding hydrogens is 498 g/mol. The number of nitrogens with zero attached hydrogens (tertiary/aromatic N) is 5. The molecule has 0 aliphatic carbocycles. The van der Waals surface area contributed by atoms with E-state index in [-0.39, 0.29) is 18.0 Å². The fraction of sp³-hybridized carbons (Fsp3) is 0.303. The summed E-state index contributed by atoms with van der Waals surface area (Å²) in [6.07, 6.45) is 2.52. The van der Waals surface area contributed by atoms with E-state index in [1.807, 2.05) is 59.5 Å². The molecule has 1 saturated heterocycles. The summed E-state index contributed by atoms with van der Waals surface area (Å²) < 4.78 is 0. The van der Waals surface area contributed by atoms with Crippen LogP contribution in [0.15, 0.2) is 78.9 Å². The van der Waals surface area contributed by atoms with Gasteiger partial charge in [-0.2, -0.15) is 5.32 Å². The summed E-state index contributed by atoms with van der Waals surface area (Å²) in [7, 11) is 0. The van der Waals surface area contributed by atoms with E-state index in [0.717, 1.165) is 60.7 Å². The number of urea groups is 1. The maximum Gasteiger partial charge on any atom is 0.348 e. The first-order valence-corrected chi connectivity index (χ1v) is 14.1. The highest BCUT2D eigenvalue weighted by atomic mass is 16.3. The Morgan fingerprint density at radius 1 is 0.850 bits per heavy atom. The van der Waals surface area contributed by atoms with Crippen molar-refractivity contribution in [2.45, 2.75) is 45.7 Å². The van der Waals surface area contributed by atoms with E-state index in [0.29, 0.717) is 23.7 Å². The van der Waals surface area contributed by atoms with Gasteiger partial charge in [0.2, 0.25) is 5.88 Å². The number of para-hydroxylation sites is 2. The molecule has 6 rings (SSSR count). The minimum absolute atomic E-state index is 0.00381. The van der Waals surface area contributed by atoms with Crippen molar-refractivity contribution in [1.29, 1.82) is 0 Å². The maximum absolute atomic E-state index is 12.6. The Hall–Kier alpha value is -4.23. The van der Waals surface area contributed by atoms with Gasteiger partial charge in [0.15, 0.2) is 0 Å². The predicted octanol–water partition coefficient (Wildman–Crippen LogP) is 6.56. The Bertz CT molecular complexity index is 1500. The third-order valence-corrected chi connectivity index (χ3v) is 7.71. The zero-order chi connectivity index (χ0) is 27.6. The van der Waals surface area contributed by atoms with Crippen LogP contribution in [-0.4, -0.2) is 45.1 Å². The third-order valence-electron chi connectivity index (χ3n) is 7.71. The van der Waals surface area contributed by atoms with Crippen LogP contribution in [0.3, 0.4) is 0 Å². The molecule has 2 aliphatic heterocycles. The van der Waals surface area contributed by atoms with E-state index in [9.17, 15) is 9.90 Å². The number of fused-ring (bicyclic) bond motifs is 1. The van der Waals surface area contributed by atoms with Gasteiger partial charge in [-0.3, -0.25) is 9.80 Å². The zero-order valence-corrected chi connectivity index (χ0v) is 23.0. The van der Waals surface area contributed by atoms with Crippen LogP contribution in [0.5, 0.6) is 5.88 Å². The topological polar surface area (TPSA) is 83.7 Å². The first-order chi connectivity index (χ1) is 19.5. The number of aromatic nitrogens is 2. The van der Waals surface area contributed by atoms with Crippen LogP contribution in [0.1, 0.15) is 37.9 Å². The summed E-state index contributed by atoms with van der Waals surface area (Å²) in [5.41, 5.74) is 6.95. The molecule has 2 aliphatic rings. The van der Waals surface area contributed by atoms with E-state index in [4.69, 9.17) is 4.98 Å². The quantitative estimate of drug-likeness (QED) is 0.292. The van der Waals surface area contributed by atoms with E-state index in [1.54, 1.807) is 0 Å². The number of anilines is 1. The van der Waals surface area contributed by atoms with Crippen molar-refractivity contribution >= 4 is 17.4 Å². The molecule has 1 fully saturated rings. The van der Waals surface area contributed by atoms with Crippen molar-refractivity contribution in [2.75, 3.05) is 18.0 Å². The number of carbonyl (C=O) groups is 1. The maximum atomic E-state index is 12.6. The molecule has 1 N–H and O–H groups in total. The lowest BCUT2D eigenvalue weighted by molar-refractivity contribution is 0.199. The lowest BCUT2D eigenvalue weighted by Crippen LogP contribution is -2.46. The van der Waals surface area contributed by atoms with Gasteiger partial charge < -0.3 is 5.11 Å². The lowest BCUT2D eigenvalue weighted by atomic mass is 10.00. The van der Waals surface area contributed by atoms with Crippen LogP contribution in [0.4, 0.5) is 16.2 Å². The van der Waals surface area contributed by atoms with Gasteiger partial charge in [-0.05, 0) is 42.9 Å². The van der Waals surface area contributed by atoms with E-state index >= 15 is 0 Å². The van der Waals surface area contributed by atoms with Crippen molar-refractivity contribution in [1.82, 2.24) is 20.2 Å². The van der Waals surface area contributed by atoms with Crippen molar-refractivity contribution in [3.05, 3.63) is 90.1 Å². The summed E-state index contributed by atoms with van der Waals surface area (Å²) in [6, 6.07) is 26.3. The number of benzene rings is 3. The van der Waals surface area contributed by atoms with Gasteiger partial charge in [0.25, 0.3) is 0 Å². The Labute approximate surface area is 235 Å². The minimum atomic E-state index is -0.140. The average Bonchev–Trinajstić information content (AvgIpc) is 3.31. The second-order valence-electron chi connectivity index (χ2n) is 11.1. The van der Waals surface area contributed by atoms with Crippen LogP contribution in [0, 0.1) is 5.92 Å². The van der Waals surface area contributed by atoms with Gasteiger partial charge >= 0.3 is 6.03 Å². The number of amides is 2. The lowest BCUT2D eigenvalue weighted by Gasteiger charge is -2.36. The molecule has 203 valence electrons. The standard InChI is InChI=1S/C33H34N5O2/c1-22(2)20-28-32(39)36-31(24-8-4-3-5-9-24)30(34-28)25-14-12-23(13-15-25)21-37-18-16-26(17-19-37)38-29-11-7-6-10-27(29)35-33(38)40/h3-15,22,26H,16-21H2,1-2H3,(H,36,39). The monoisotopic (exact) mass is 532 g/mol. The van der Waals surface area contributed by atoms with Gasteiger partial charge in [-0.1, -0.05) is 80.6 Å². The Balaban J connectivity index is 1.17. The highest BCUT2D eigenvalue weighted by Crippen LogP contribution is 2.36.